The molecule has 1 spiro atoms. The summed E-state index contributed by atoms with van der Waals surface area (Å²) in [6, 6.07) is 34.1. The first-order chi connectivity index (χ1) is 23.6. The number of methoxy groups -OCH3 is 1. The largest absolute Gasteiger partial charge is 0.497 e. The predicted octanol–water partition coefficient (Wildman–Crippen LogP) is 7.43. The zero-order chi connectivity index (χ0) is 34.3. The molecule has 0 bridgehead atoms. The van der Waals surface area contributed by atoms with E-state index in [0.717, 1.165) is 37.3 Å². The normalized spacial score (nSPS) is 22.4. The van der Waals surface area contributed by atoms with E-state index in [1.54, 1.807) is 18.0 Å². The molecule has 0 radical (unpaired) electrons. The van der Waals surface area contributed by atoms with Crippen LogP contribution in [0.15, 0.2) is 109 Å². The van der Waals surface area contributed by atoms with Crippen LogP contribution in [0.3, 0.4) is 0 Å². The molecular formula is C40H41IN4O4. The van der Waals surface area contributed by atoms with Gasteiger partial charge in [-0.1, -0.05) is 98.8 Å². The van der Waals surface area contributed by atoms with E-state index in [0.29, 0.717) is 25.2 Å². The highest BCUT2D eigenvalue weighted by atomic mass is 127. The Hall–Kier alpha value is -4.06. The van der Waals surface area contributed by atoms with Gasteiger partial charge in [0.15, 0.2) is 5.60 Å². The minimum Gasteiger partial charge on any atom is -0.497 e. The Kier molecular flexibility index (Phi) is 9.10. The van der Waals surface area contributed by atoms with Crippen molar-refractivity contribution in [2.45, 2.75) is 63.5 Å². The monoisotopic (exact) mass is 768 g/mol. The van der Waals surface area contributed by atoms with Crippen molar-refractivity contribution in [1.82, 2.24) is 15.0 Å². The highest BCUT2D eigenvalue weighted by Crippen LogP contribution is 2.59. The standard InChI is InChI=1S/C40H41IN4O4/c1-26-36(39(2,3)29-17-19-31(48-4)20-18-29)35(21-22-44-25-33(42-43-44)37(46)28-12-6-5-7-13-28)49-40(26)32-15-8-9-16-34(32)45(38(40)47)24-27-11-10-14-30(41)23-27/h5-20,23,25-26,35-37,46H,21-22,24H2,1-4H3/t26-,35+,36-,37+,40+/m0/s1. The molecule has 4 aromatic carbocycles. The Bertz CT molecular complexity index is 1950. The number of hydrogen-bond acceptors (Lipinski definition) is 6. The van der Waals surface area contributed by atoms with E-state index in [1.165, 1.54) is 0 Å². The van der Waals surface area contributed by atoms with Crippen molar-refractivity contribution in [3.8, 4) is 5.75 Å². The van der Waals surface area contributed by atoms with Crippen molar-refractivity contribution in [3.05, 3.63) is 141 Å². The van der Waals surface area contributed by atoms with Crippen molar-refractivity contribution in [2.24, 2.45) is 11.8 Å². The summed E-state index contributed by atoms with van der Waals surface area (Å²) in [5.74, 6) is 0.588. The van der Waals surface area contributed by atoms with Gasteiger partial charge in [0.05, 0.1) is 31.6 Å². The van der Waals surface area contributed by atoms with Gasteiger partial charge in [-0.05, 0) is 81.4 Å². The van der Waals surface area contributed by atoms with Gasteiger partial charge in [0.2, 0.25) is 0 Å². The molecule has 1 saturated heterocycles. The van der Waals surface area contributed by atoms with Crippen LogP contribution >= 0.6 is 22.6 Å². The Labute approximate surface area is 301 Å². The van der Waals surface area contributed by atoms with Crippen molar-refractivity contribution in [1.29, 1.82) is 0 Å². The summed E-state index contributed by atoms with van der Waals surface area (Å²) in [5.41, 5.74) is 3.79. The summed E-state index contributed by atoms with van der Waals surface area (Å²) in [7, 11) is 1.67. The minimum absolute atomic E-state index is 0.0212. The summed E-state index contributed by atoms with van der Waals surface area (Å²) >= 11 is 2.32. The van der Waals surface area contributed by atoms with Gasteiger partial charge in [-0.2, -0.15) is 0 Å². The molecule has 49 heavy (non-hydrogen) atoms. The van der Waals surface area contributed by atoms with Crippen LogP contribution in [-0.4, -0.2) is 39.2 Å². The molecule has 8 nitrogen and oxygen atoms in total. The van der Waals surface area contributed by atoms with E-state index in [9.17, 15) is 9.90 Å². The van der Waals surface area contributed by atoms with Crippen LogP contribution in [0.25, 0.3) is 0 Å². The van der Waals surface area contributed by atoms with E-state index in [2.05, 4.69) is 90.1 Å². The Balaban J connectivity index is 1.24. The number of aliphatic hydroxyl groups excluding tert-OH is 1. The summed E-state index contributed by atoms with van der Waals surface area (Å²) in [6.07, 6.45) is 1.25. The molecule has 5 aromatic rings. The van der Waals surface area contributed by atoms with Crippen LogP contribution in [0.1, 0.15) is 61.2 Å². The maximum atomic E-state index is 14.9. The van der Waals surface area contributed by atoms with Gasteiger partial charge < -0.3 is 19.5 Å². The third-order valence-corrected chi connectivity index (χ3v) is 11.2. The van der Waals surface area contributed by atoms with Crippen LogP contribution in [0.2, 0.25) is 0 Å². The molecule has 0 unspecified atom stereocenters. The quantitative estimate of drug-likeness (QED) is 0.149. The van der Waals surface area contributed by atoms with Gasteiger partial charge in [-0.3, -0.25) is 9.48 Å². The number of carbonyl (C=O) groups excluding carboxylic acids is 1. The molecule has 9 heteroatoms. The summed E-state index contributed by atoms with van der Waals surface area (Å²) < 4.78 is 15.6. The lowest BCUT2D eigenvalue weighted by molar-refractivity contribution is -0.146. The molecule has 0 aliphatic carbocycles. The third-order valence-electron chi connectivity index (χ3n) is 10.6. The van der Waals surface area contributed by atoms with Crippen LogP contribution in [0.5, 0.6) is 5.75 Å². The first-order valence-electron chi connectivity index (χ1n) is 16.7. The van der Waals surface area contributed by atoms with Crippen LogP contribution < -0.4 is 9.64 Å². The number of carbonyl (C=O) groups is 1. The number of aliphatic hydroxyl groups is 1. The fraction of sp³-hybridized carbons (Fsp3) is 0.325. The third kappa shape index (κ3) is 5.95. The number of rotatable bonds is 10. The predicted molar refractivity (Wildman–Crippen MR) is 197 cm³/mol. The Morgan fingerprint density at radius 1 is 1.00 bits per heavy atom. The molecule has 1 aromatic heterocycles. The second kappa shape index (κ2) is 13.3. The fourth-order valence-electron chi connectivity index (χ4n) is 8.13. The molecule has 7 rings (SSSR count). The number of aryl methyl sites for hydroxylation is 1. The summed E-state index contributed by atoms with van der Waals surface area (Å²) in [4.78, 5) is 16.8. The van der Waals surface area contributed by atoms with Gasteiger partial charge in [0.25, 0.3) is 5.91 Å². The molecule has 1 amide bonds. The molecular weight excluding hydrogens is 727 g/mol. The molecule has 1 N–H and O–H groups in total. The SMILES string of the molecule is COc1ccc(C(C)(C)[C@@H]2[C@@H](CCn3cc([C@H](O)c4ccccc4)nn3)O[C@]3(C(=O)N(Cc4cccc(I)c4)c4ccccc43)[C@H]2C)cc1. The molecule has 1 fully saturated rings. The average Bonchev–Trinajstić information content (AvgIpc) is 3.78. The van der Waals surface area contributed by atoms with Crippen LogP contribution in [-0.2, 0) is 33.6 Å². The van der Waals surface area contributed by atoms with Gasteiger partial charge in [-0.25, -0.2) is 0 Å². The maximum Gasteiger partial charge on any atom is 0.264 e. The number of halogens is 1. The highest BCUT2D eigenvalue weighted by Gasteiger charge is 2.65. The molecule has 3 heterocycles. The van der Waals surface area contributed by atoms with Crippen LogP contribution in [0, 0.1) is 15.4 Å². The second-order valence-electron chi connectivity index (χ2n) is 13.7. The van der Waals surface area contributed by atoms with Gasteiger partial charge in [-0.15, -0.1) is 5.10 Å². The minimum atomic E-state index is -1.14. The zero-order valence-electron chi connectivity index (χ0n) is 28.2. The summed E-state index contributed by atoms with van der Waals surface area (Å²) in [6.45, 7) is 7.67. The Morgan fingerprint density at radius 3 is 2.47 bits per heavy atom. The van der Waals surface area contributed by atoms with E-state index >= 15 is 0 Å². The van der Waals surface area contributed by atoms with E-state index in [4.69, 9.17) is 9.47 Å². The second-order valence-corrected chi connectivity index (χ2v) is 14.9. The first-order valence-corrected chi connectivity index (χ1v) is 17.8. The molecule has 252 valence electrons. The van der Waals surface area contributed by atoms with Gasteiger partial charge in [0.1, 0.15) is 17.5 Å². The number of para-hydroxylation sites is 1. The van der Waals surface area contributed by atoms with Crippen molar-refractivity contribution in [3.63, 3.8) is 0 Å². The van der Waals surface area contributed by atoms with Crippen molar-refractivity contribution >= 4 is 34.2 Å². The number of amides is 1. The Morgan fingerprint density at radius 2 is 1.73 bits per heavy atom. The smallest absolute Gasteiger partial charge is 0.264 e. The molecule has 2 aliphatic rings. The van der Waals surface area contributed by atoms with E-state index in [1.807, 2.05) is 71.6 Å². The lowest BCUT2D eigenvalue weighted by atomic mass is 9.63. The van der Waals surface area contributed by atoms with E-state index < -0.39 is 11.7 Å². The van der Waals surface area contributed by atoms with Gasteiger partial charge in [0, 0.05) is 27.5 Å². The first kappa shape index (κ1) is 33.4. The van der Waals surface area contributed by atoms with E-state index in [-0.39, 0.29) is 29.3 Å². The molecule has 2 aliphatic heterocycles. The topological polar surface area (TPSA) is 89.7 Å². The molecule has 5 atom stereocenters. The van der Waals surface area contributed by atoms with Crippen LogP contribution in [0.4, 0.5) is 5.69 Å². The van der Waals surface area contributed by atoms with Gasteiger partial charge >= 0.3 is 0 Å². The number of benzene rings is 4. The average molecular weight is 769 g/mol. The maximum absolute atomic E-state index is 14.9. The highest BCUT2D eigenvalue weighted by molar-refractivity contribution is 14.1. The lowest BCUT2D eigenvalue weighted by Crippen LogP contribution is -2.45. The van der Waals surface area contributed by atoms with Crippen molar-refractivity contribution in [2.75, 3.05) is 12.0 Å². The number of hydrogen-bond donors (Lipinski definition) is 1. The fourth-order valence-corrected chi connectivity index (χ4v) is 8.73. The molecule has 0 saturated carbocycles. The number of fused-ring (bicyclic) bond motifs is 2. The van der Waals surface area contributed by atoms with Crippen molar-refractivity contribution < 1.29 is 19.4 Å². The number of aromatic nitrogens is 3. The lowest BCUT2D eigenvalue weighted by Gasteiger charge is -2.38. The zero-order valence-corrected chi connectivity index (χ0v) is 30.3. The number of nitrogens with zero attached hydrogens (tertiary/aromatic N) is 4. The number of ether oxygens (including phenoxy) is 2. The summed E-state index contributed by atoms with van der Waals surface area (Å²) in [5, 5.41) is 19.6. The number of anilines is 1.